The number of amides is 1. The molecule has 2 aromatic rings. The molecule has 2 aromatic carbocycles. The van der Waals surface area contributed by atoms with Crippen LogP contribution in [-0.4, -0.2) is 67.2 Å². The van der Waals surface area contributed by atoms with Gasteiger partial charge in [-0.3, -0.25) is 9.69 Å². The van der Waals surface area contributed by atoms with Crippen LogP contribution in [0.4, 0.5) is 0 Å². The van der Waals surface area contributed by atoms with Crippen molar-refractivity contribution in [3.8, 4) is 17.6 Å². The highest BCUT2D eigenvalue weighted by molar-refractivity contribution is 5.95. The molecule has 0 aliphatic carbocycles. The zero-order chi connectivity index (χ0) is 24.1. The van der Waals surface area contributed by atoms with Crippen LogP contribution in [0.2, 0.25) is 0 Å². The predicted molar refractivity (Wildman–Crippen MR) is 129 cm³/mol. The molecule has 1 unspecified atom stereocenters. The summed E-state index contributed by atoms with van der Waals surface area (Å²) in [5.74, 6) is 1.17. The summed E-state index contributed by atoms with van der Waals surface area (Å²) in [5, 5.41) is 9.31. The zero-order valence-corrected chi connectivity index (χ0v) is 20.2. The van der Waals surface area contributed by atoms with Gasteiger partial charge in [0, 0.05) is 31.7 Å². The molecule has 2 aliphatic heterocycles. The fraction of sp³-hybridized carbons (Fsp3) is 0.481. The topological polar surface area (TPSA) is 75.0 Å². The van der Waals surface area contributed by atoms with Gasteiger partial charge in [-0.25, -0.2) is 0 Å². The van der Waals surface area contributed by atoms with Crippen molar-refractivity contribution in [1.29, 1.82) is 5.26 Å². The standard InChI is InChI=1S/C27H33N3O4/c1-20(2)33-23-10-9-22(17-24(23)32-3)26(31)30-14-11-27(12-15-30)19-29(16-13-28)18-25(34-27)21-7-5-4-6-8-21/h4-10,17,20,25H,11-12,14-16,18-19H2,1-3H3. The van der Waals surface area contributed by atoms with Crippen molar-refractivity contribution in [1.82, 2.24) is 9.80 Å². The second kappa shape index (κ2) is 10.5. The summed E-state index contributed by atoms with van der Waals surface area (Å²) in [7, 11) is 1.58. The molecule has 1 atom stereocenters. The summed E-state index contributed by atoms with van der Waals surface area (Å²) in [6, 6.07) is 17.8. The minimum Gasteiger partial charge on any atom is -0.493 e. The Morgan fingerprint density at radius 1 is 1.18 bits per heavy atom. The first-order valence-electron chi connectivity index (χ1n) is 11.9. The maximum absolute atomic E-state index is 13.3. The number of nitrogens with zero attached hydrogens (tertiary/aromatic N) is 3. The van der Waals surface area contributed by atoms with E-state index in [1.54, 1.807) is 25.3 Å². The van der Waals surface area contributed by atoms with Crippen LogP contribution >= 0.6 is 0 Å². The molecule has 0 saturated carbocycles. The number of nitriles is 1. The van der Waals surface area contributed by atoms with Gasteiger partial charge in [-0.05, 0) is 50.5 Å². The van der Waals surface area contributed by atoms with Crippen LogP contribution < -0.4 is 9.47 Å². The molecule has 1 amide bonds. The quantitative estimate of drug-likeness (QED) is 0.602. The molecule has 180 valence electrons. The third-order valence-corrected chi connectivity index (χ3v) is 6.53. The third-order valence-electron chi connectivity index (χ3n) is 6.53. The van der Waals surface area contributed by atoms with E-state index in [0.717, 1.165) is 18.4 Å². The number of methoxy groups -OCH3 is 1. The maximum Gasteiger partial charge on any atom is 0.253 e. The van der Waals surface area contributed by atoms with Crippen LogP contribution in [0.25, 0.3) is 0 Å². The van der Waals surface area contributed by atoms with Crippen molar-refractivity contribution < 1.29 is 19.0 Å². The van der Waals surface area contributed by atoms with Gasteiger partial charge < -0.3 is 19.1 Å². The molecular formula is C27H33N3O4. The van der Waals surface area contributed by atoms with Gasteiger partial charge in [-0.15, -0.1) is 0 Å². The van der Waals surface area contributed by atoms with E-state index in [9.17, 15) is 10.1 Å². The van der Waals surface area contributed by atoms with Gasteiger partial charge in [-0.1, -0.05) is 30.3 Å². The average molecular weight is 464 g/mol. The molecule has 0 radical (unpaired) electrons. The molecule has 0 N–H and O–H groups in total. The summed E-state index contributed by atoms with van der Waals surface area (Å²) in [5.41, 5.74) is 1.35. The first-order valence-corrected chi connectivity index (χ1v) is 11.9. The average Bonchev–Trinajstić information content (AvgIpc) is 2.84. The lowest BCUT2D eigenvalue weighted by atomic mass is 9.87. The molecule has 2 aliphatic rings. The molecule has 34 heavy (non-hydrogen) atoms. The first-order chi connectivity index (χ1) is 16.4. The van der Waals surface area contributed by atoms with E-state index in [0.29, 0.717) is 49.8 Å². The molecule has 0 aromatic heterocycles. The second-order valence-corrected chi connectivity index (χ2v) is 9.35. The van der Waals surface area contributed by atoms with Gasteiger partial charge in [0.2, 0.25) is 0 Å². The van der Waals surface area contributed by atoms with Gasteiger partial charge in [0.15, 0.2) is 11.5 Å². The number of likely N-dealkylation sites (tertiary alicyclic amines) is 1. The highest BCUT2D eigenvalue weighted by Crippen LogP contribution is 2.38. The van der Waals surface area contributed by atoms with E-state index in [-0.39, 0.29) is 23.7 Å². The van der Waals surface area contributed by atoms with E-state index in [2.05, 4.69) is 23.1 Å². The molecule has 4 rings (SSSR count). The summed E-state index contributed by atoms with van der Waals surface area (Å²) in [4.78, 5) is 17.3. The highest BCUT2D eigenvalue weighted by atomic mass is 16.5. The van der Waals surface area contributed by atoms with E-state index in [1.165, 1.54) is 0 Å². The summed E-state index contributed by atoms with van der Waals surface area (Å²) >= 11 is 0. The van der Waals surface area contributed by atoms with Crippen molar-refractivity contribution in [2.75, 3.05) is 39.8 Å². The Labute approximate surface area is 201 Å². The molecule has 2 saturated heterocycles. The Hall–Kier alpha value is -3.08. The second-order valence-electron chi connectivity index (χ2n) is 9.35. The van der Waals surface area contributed by atoms with Gasteiger partial charge >= 0.3 is 0 Å². The van der Waals surface area contributed by atoms with Crippen LogP contribution in [0.5, 0.6) is 11.5 Å². The highest BCUT2D eigenvalue weighted by Gasteiger charge is 2.44. The molecule has 7 heteroatoms. The predicted octanol–water partition coefficient (Wildman–Crippen LogP) is 4.05. The SMILES string of the molecule is COc1cc(C(=O)N2CCC3(CC2)CN(CC#N)CC(c2ccccc2)O3)ccc1OC(C)C. The Kier molecular flexibility index (Phi) is 7.40. The number of hydrogen-bond donors (Lipinski definition) is 0. The van der Waals surface area contributed by atoms with Crippen LogP contribution in [0.15, 0.2) is 48.5 Å². The number of hydrogen-bond acceptors (Lipinski definition) is 6. The smallest absolute Gasteiger partial charge is 0.253 e. The van der Waals surface area contributed by atoms with Crippen LogP contribution in [0.1, 0.15) is 48.7 Å². The summed E-state index contributed by atoms with van der Waals surface area (Å²) < 4.78 is 17.9. The maximum atomic E-state index is 13.3. The van der Waals surface area contributed by atoms with Gasteiger partial charge in [0.25, 0.3) is 5.91 Å². The lowest BCUT2D eigenvalue weighted by molar-refractivity contribution is -0.173. The van der Waals surface area contributed by atoms with E-state index < -0.39 is 0 Å². The van der Waals surface area contributed by atoms with Gasteiger partial charge in [0.1, 0.15) is 0 Å². The zero-order valence-electron chi connectivity index (χ0n) is 20.2. The van der Waals surface area contributed by atoms with E-state index >= 15 is 0 Å². The van der Waals surface area contributed by atoms with Gasteiger partial charge in [-0.2, -0.15) is 5.26 Å². The van der Waals surface area contributed by atoms with Crippen LogP contribution in [0, 0.1) is 11.3 Å². The van der Waals surface area contributed by atoms with Crippen LogP contribution in [0.3, 0.4) is 0 Å². The van der Waals surface area contributed by atoms with Crippen molar-refractivity contribution in [2.45, 2.75) is 44.5 Å². The Bertz CT molecular complexity index is 1030. The Morgan fingerprint density at radius 2 is 1.91 bits per heavy atom. The number of benzene rings is 2. The molecule has 1 spiro atoms. The summed E-state index contributed by atoms with van der Waals surface area (Å²) in [6.07, 6.45) is 1.40. The Morgan fingerprint density at radius 3 is 2.56 bits per heavy atom. The first kappa shape index (κ1) is 24.1. The van der Waals surface area contributed by atoms with Crippen molar-refractivity contribution in [3.05, 3.63) is 59.7 Å². The number of piperidine rings is 1. The summed E-state index contributed by atoms with van der Waals surface area (Å²) in [6.45, 7) is 6.90. The molecular weight excluding hydrogens is 430 g/mol. The molecule has 2 fully saturated rings. The van der Waals surface area contributed by atoms with Crippen molar-refractivity contribution in [2.24, 2.45) is 0 Å². The fourth-order valence-corrected chi connectivity index (χ4v) is 4.87. The van der Waals surface area contributed by atoms with E-state index in [4.69, 9.17) is 14.2 Å². The lowest BCUT2D eigenvalue weighted by Crippen LogP contribution is -2.58. The molecule has 7 nitrogen and oxygen atoms in total. The third kappa shape index (κ3) is 5.35. The molecule has 0 bridgehead atoms. The number of ether oxygens (including phenoxy) is 3. The largest absolute Gasteiger partial charge is 0.493 e. The number of morpholine rings is 1. The van der Waals surface area contributed by atoms with Gasteiger partial charge in [0.05, 0.1) is 37.5 Å². The lowest BCUT2D eigenvalue weighted by Gasteiger charge is -2.49. The number of rotatable bonds is 6. The van der Waals surface area contributed by atoms with E-state index in [1.807, 2.05) is 36.9 Å². The van der Waals surface area contributed by atoms with Crippen LogP contribution in [-0.2, 0) is 4.74 Å². The molecule has 2 heterocycles. The monoisotopic (exact) mass is 463 g/mol. The normalized spacial score (nSPS) is 20.2. The fourth-order valence-electron chi connectivity index (χ4n) is 4.87. The van der Waals surface area contributed by atoms with Crippen molar-refractivity contribution >= 4 is 5.91 Å². The Balaban J connectivity index is 1.46. The van der Waals surface area contributed by atoms with Crippen molar-refractivity contribution in [3.63, 3.8) is 0 Å². The number of carbonyl (C=O) groups excluding carboxylic acids is 1. The minimum absolute atomic E-state index is 0.0181. The minimum atomic E-state index is -0.362. The number of carbonyl (C=O) groups is 1.